The lowest BCUT2D eigenvalue weighted by molar-refractivity contribution is 0.109. The van der Waals surface area contributed by atoms with E-state index in [1.807, 2.05) is 55.2 Å². The molecule has 168 valence electrons. The van der Waals surface area contributed by atoms with E-state index >= 15 is 0 Å². The van der Waals surface area contributed by atoms with Crippen LogP contribution in [0, 0.1) is 5.92 Å². The van der Waals surface area contributed by atoms with E-state index < -0.39 is 0 Å². The molecule has 30 heavy (non-hydrogen) atoms. The molecule has 0 saturated carbocycles. The maximum atomic E-state index is 5.70. The molecule has 1 heterocycles. The minimum Gasteiger partial charge on any atom is -0.491 e. The van der Waals surface area contributed by atoms with Gasteiger partial charge in [-0.25, -0.2) is 4.98 Å². The fraction of sp³-hybridized carbons (Fsp3) is 0.545. The number of guanidine groups is 1. The summed E-state index contributed by atoms with van der Waals surface area (Å²) < 4.78 is 13.4. The van der Waals surface area contributed by atoms with Crippen LogP contribution in [0.2, 0.25) is 0 Å². The summed E-state index contributed by atoms with van der Waals surface area (Å²) in [6.07, 6.45) is 6.60. The lowest BCUT2D eigenvalue weighted by atomic mass is 10.2. The van der Waals surface area contributed by atoms with E-state index in [0.29, 0.717) is 12.5 Å². The molecule has 0 aliphatic heterocycles. The predicted octanol–water partition coefficient (Wildman–Crippen LogP) is 4.41. The first-order valence-corrected chi connectivity index (χ1v) is 10.4. The summed E-state index contributed by atoms with van der Waals surface area (Å²) in [6, 6.07) is 7.92. The van der Waals surface area contributed by atoms with Crippen LogP contribution in [0.25, 0.3) is 0 Å². The standard InChI is InChI=1S/C22H35N5O2.HI/c1-18(2)16-28-15-5-10-24-22(25-12-14-27-13-11-23-17-27)26-20-6-8-21(9-7-20)29-19(3)4;/h6-9,11,13,17-19H,5,10,12,14-16H2,1-4H3,(H2,24,25,26);1H. The van der Waals surface area contributed by atoms with E-state index in [0.717, 1.165) is 50.1 Å². The Kier molecular flexibility index (Phi) is 13.2. The Labute approximate surface area is 197 Å². The molecular weight excluding hydrogens is 493 g/mol. The number of nitrogens with zero attached hydrogens (tertiary/aromatic N) is 3. The van der Waals surface area contributed by atoms with Gasteiger partial charge in [0.05, 0.1) is 12.4 Å². The highest BCUT2D eigenvalue weighted by atomic mass is 127. The van der Waals surface area contributed by atoms with E-state index in [9.17, 15) is 0 Å². The van der Waals surface area contributed by atoms with Crippen molar-refractivity contribution in [3.63, 3.8) is 0 Å². The Bertz CT molecular complexity index is 703. The molecular formula is C22H36IN5O2. The van der Waals surface area contributed by atoms with Crippen molar-refractivity contribution in [1.29, 1.82) is 0 Å². The highest BCUT2D eigenvalue weighted by Gasteiger charge is 2.03. The van der Waals surface area contributed by atoms with Gasteiger partial charge in [-0.05, 0) is 50.5 Å². The van der Waals surface area contributed by atoms with Crippen LogP contribution < -0.4 is 15.4 Å². The minimum atomic E-state index is 0. The topological polar surface area (TPSA) is 72.7 Å². The molecule has 0 unspecified atom stereocenters. The fourth-order valence-corrected chi connectivity index (χ4v) is 2.56. The molecule has 0 amide bonds. The lowest BCUT2D eigenvalue weighted by Gasteiger charge is -2.14. The van der Waals surface area contributed by atoms with Gasteiger partial charge in [0.25, 0.3) is 0 Å². The fourth-order valence-electron chi connectivity index (χ4n) is 2.56. The van der Waals surface area contributed by atoms with Crippen molar-refractivity contribution >= 4 is 35.6 Å². The zero-order valence-electron chi connectivity index (χ0n) is 18.5. The number of aromatic nitrogens is 2. The molecule has 2 aromatic rings. The van der Waals surface area contributed by atoms with Gasteiger partial charge in [0.2, 0.25) is 0 Å². The predicted molar refractivity (Wildman–Crippen MR) is 134 cm³/mol. The van der Waals surface area contributed by atoms with Crippen LogP contribution in [-0.2, 0) is 11.3 Å². The number of aliphatic imine (C=N–C) groups is 1. The number of nitrogens with one attached hydrogen (secondary N) is 2. The van der Waals surface area contributed by atoms with E-state index in [1.165, 1.54) is 0 Å². The molecule has 1 aromatic heterocycles. The second-order valence-corrected chi connectivity index (χ2v) is 7.60. The molecule has 0 spiro atoms. The molecule has 1 aromatic carbocycles. The van der Waals surface area contributed by atoms with Gasteiger partial charge in [-0.3, -0.25) is 4.99 Å². The Hall–Kier alpha value is -1.81. The van der Waals surface area contributed by atoms with Crippen molar-refractivity contribution in [2.24, 2.45) is 10.9 Å². The third-order valence-corrected chi connectivity index (χ3v) is 3.88. The van der Waals surface area contributed by atoms with E-state index in [-0.39, 0.29) is 30.1 Å². The van der Waals surface area contributed by atoms with Crippen LogP contribution in [-0.4, -0.2) is 47.9 Å². The van der Waals surface area contributed by atoms with Crippen molar-refractivity contribution in [3.05, 3.63) is 43.0 Å². The third kappa shape index (κ3) is 11.4. The molecule has 0 radical (unpaired) electrons. The van der Waals surface area contributed by atoms with Crippen LogP contribution in [0.5, 0.6) is 5.75 Å². The second-order valence-electron chi connectivity index (χ2n) is 7.60. The smallest absolute Gasteiger partial charge is 0.195 e. The molecule has 0 fully saturated rings. The monoisotopic (exact) mass is 529 g/mol. The number of ether oxygens (including phenoxy) is 2. The van der Waals surface area contributed by atoms with Crippen molar-refractivity contribution < 1.29 is 9.47 Å². The van der Waals surface area contributed by atoms with Crippen molar-refractivity contribution in [1.82, 2.24) is 14.9 Å². The molecule has 0 aliphatic carbocycles. The summed E-state index contributed by atoms with van der Waals surface area (Å²) in [5.41, 5.74) is 0.964. The van der Waals surface area contributed by atoms with E-state index in [2.05, 4.69) is 34.5 Å². The number of benzene rings is 1. The molecule has 2 N–H and O–H groups in total. The average Bonchev–Trinajstić information content (AvgIpc) is 3.18. The van der Waals surface area contributed by atoms with Gasteiger partial charge in [0.1, 0.15) is 5.75 Å². The van der Waals surface area contributed by atoms with Crippen molar-refractivity contribution in [2.45, 2.75) is 46.8 Å². The molecule has 8 heteroatoms. The Morgan fingerprint density at radius 1 is 1.17 bits per heavy atom. The zero-order chi connectivity index (χ0) is 20.9. The maximum absolute atomic E-state index is 5.70. The summed E-state index contributed by atoms with van der Waals surface area (Å²) >= 11 is 0. The van der Waals surface area contributed by atoms with Gasteiger partial charge in [-0.1, -0.05) is 13.8 Å². The quantitative estimate of drug-likeness (QED) is 0.185. The van der Waals surface area contributed by atoms with Gasteiger partial charge < -0.3 is 24.7 Å². The number of halogens is 1. The SMILES string of the molecule is CC(C)COCCCN=C(NCCn1ccnc1)Nc1ccc(OC(C)C)cc1.I. The number of hydrogen-bond donors (Lipinski definition) is 2. The largest absolute Gasteiger partial charge is 0.491 e. The van der Waals surface area contributed by atoms with Crippen LogP contribution >= 0.6 is 24.0 Å². The van der Waals surface area contributed by atoms with Gasteiger partial charge >= 0.3 is 0 Å². The van der Waals surface area contributed by atoms with Crippen molar-refractivity contribution in [3.8, 4) is 5.75 Å². The molecule has 0 bridgehead atoms. The van der Waals surface area contributed by atoms with E-state index in [4.69, 9.17) is 9.47 Å². The normalized spacial score (nSPS) is 11.5. The van der Waals surface area contributed by atoms with Crippen LogP contribution in [0.4, 0.5) is 5.69 Å². The molecule has 0 aliphatic rings. The third-order valence-electron chi connectivity index (χ3n) is 3.88. The zero-order valence-corrected chi connectivity index (χ0v) is 20.8. The second kappa shape index (κ2) is 15.1. The van der Waals surface area contributed by atoms with Gasteiger partial charge in [-0.2, -0.15) is 0 Å². The number of anilines is 1. The van der Waals surface area contributed by atoms with E-state index in [1.54, 1.807) is 6.20 Å². The summed E-state index contributed by atoms with van der Waals surface area (Å²) in [7, 11) is 0. The highest BCUT2D eigenvalue weighted by molar-refractivity contribution is 14.0. The Morgan fingerprint density at radius 3 is 2.57 bits per heavy atom. The van der Waals surface area contributed by atoms with Gasteiger partial charge in [0, 0.05) is 50.9 Å². The molecule has 2 rings (SSSR count). The Balaban J connectivity index is 0.00000450. The summed E-state index contributed by atoms with van der Waals surface area (Å²) in [5, 5.41) is 6.75. The minimum absolute atomic E-state index is 0. The van der Waals surface area contributed by atoms with Crippen LogP contribution in [0.3, 0.4) is 0 Å². The van der Waals surface area contributed by atoms with Crippen LogP contribution in [0.15, 0.2) is 48.0 Å². The Morgan fingerprint density at radius 2 is 1.93 bits per heavy atom. The van der Waals surface area contributed by atoms with Gasteiger partial charge in [0.15, 0.2) is 5.96 Å². The average molecular weight is 529 g/mol. The first kappa shape index (κ1) is 26.2. The summed E-state index contributed by atoms with van der Waals surface area (Å²) in [5.74, 6) is 2.18. The number of imidazole rings is 1. The van der Waals surface area contributed by atoms with Gasteiger partial charge in [-0.15, -0.1) is 24.0 Å². The summed E-state index contributed by atoms with van der Waals surface area (Å²) in [6.45, 7) is 12.1. The van der Waals surface area contributed by atoms with Crippen LogP contribution in [0.1, 0.15) is 34.1 Å². The molecule has 7 nitrogen and oxygen atoms in total. The maximum Gasteiger partial charge on any atom is 0.195 e. The first-order valence-electron chi connectivity index (χ1n) is 10.4. The van der Waals surface area contributed by atoms with Crippen molar-refractivity contribution in [2.75, 3.05) is 31.6 Å². The summed E-state index contributed by atoms with van der Waals surface area (Å²) in [4.78, 5) is 8.75. The first-order chi connectivity index (χ1) is 14.0. The molecule has 0 atom stereocenters. The lowest BCUT2D eigenvalue weighted by Crippen LogP contribution is -2.33. The number of rotatable bonds is 12. The highest BCUT2D eigenvalue weighted by Crippen LogP contribution is 2.16. The molecule has 0 saturated heterocycles. The number of hydrogen-bond acceptors (Lipinski definition) is 4.